The summed E-state index contributed by atoms with van der Waals surface area (Å²) in [5.74, 6) is -1.66. The third-order valence-electron chi connectivity index (χ3n) is 4.16. The molecule has 0 atom stereocenters. The van der Waals surface area contributed by atoms with Crippen molar-refractivity contribution in [3.8, 4) is 0 Å². The number of nitrogens with zero attached hydrogens (tertiary/aromatic N) is 3. The van der Waals surface area contributed by atoms with Crippen LogP contribution < -0.4 is 0 Å². The second-order valence-electron chi connectivity index (χ2n) is 5.88. The number of benzene rings is 1. The molecule has 28 heavy (non-hydrogen) atoms. The van der Waals surface area contributed by atoms with Crippen LogP contribution in [0.5, 0.6) is 0 Å². The van der Waals surface area contributed by atoms with Gasteiger partial charge in [-0.3, -0.25) is 9.97 Å². The Morgan fingerprint density at radius 2 is 1.46 bits per heavy atom. The fourth-order valence-corrected chi connectivity index (χ4v) is 2.87. The van der Waals surface area contributed by atoms with E-state index in [0.29, 0.717) is 28.2 Å². The van der Waals surface area contributed by atoms with Crippen molar-refractivity contribution < 1.29 is 19.5 Å². The number of rotatable bonds is 4. The fraction of sp³-hybridized carbons (Fsp3) is 0. The Morgan fingerprint density at radius 3 is 1.96 bits per heavy atom. The lowest BCUT2D eigenvalue weighted by atomic mass is 9.93. The van der Waals surface area contributed by atoms with Gasteiger partial charge in [0.25, 0.3) is 0 Å². The van der Waals surface area contributed by atoms with Gasteiger partial charge in [-0.1, -0.05) is 29.4 Å². The highest BCUT2D eigenvalue weighted by atomic mass is 16.7. The summed E-state index contributed by atoms with van der Waals surface area (Å²) in [6.45, 7) is 0. The molecule has 0 bridgehead atoms. The van der Waals surface area contributed by atoms with E-state index in [1.807, 2.05) is 12.1 Å². The Kier molecular flexibility index (Phi) is 4.47. The fourth-order valence-electron chi connectivity index (χ4n) is 2.87. The van der Waals surface area contributed by atoms with Crippen molar-refractivity contribution in [1.29, 1.82) is 0 Å². The highest BCUT2D eigenvalue weighted by Gasteiger charge is 2.32. The third kappa shape index (κ3) is 3.16. The molecule has 0 radical (unpaired) electrons. The number of aromatic carboxylic acids is 1. The number of aromatic nitrogens is 2. The Morgan fingerprint density at radius 1 is 0.857 bits per heavy atom. The smallest absolute Gasteiger partial charge is 0.368 e. The van der Waals surface area contributed by atoms with Crippen molar-refractivity contribution in [2.24, 2.45) is 5.16 Å². The van der Waals surface area contributed by atoms with Gasteiger partial charge in [0.05, 0.1) is 17.0 Å². The third-order valence-corrected chi connectivity index (χ3v) is 4.16. The standard InChI is InChI=1S/C21H13N3O4/c25-20(26)14-9-7-13(8-10-14)19-18(21(27)28-24-19)17(15-5-1-3-11-22-15)16-6-2-4-12-23-16/h1-12H,(H,25,26). The summed E-state index contributed by atoms with van der Waals surface area (Å²) in [7, 11) is 0. The van der Waals surface area contributed by atoms with E-state index in [2.05, 4.69) is 15.1 Å². The molecule has 0 fully saturated rings. The van der Waals surface area contributed by atoms with Crippen molar-refractivity contribution >= 4 is 23.2 Å². The zero-order chi connectivity index (χ0) is 19.5. The molecule has 0 saturated carbocycles. The highest BCUT2D eigenvalue weighted by Crippen LogP contribution is 2.30. The molecule has 7 nitrogen and oxygen atoms in total. The normalized spacial score (nSPS) is 13.1. The molecular formula is C21H13N3O4. The molecule has 0 unspecified atom stereocenters. The first-order valence-corrected chi connectivity index (χ1v) is 8.35. The average Bonchev–Trinajstić information content (AvgIpc) is 3.11. The maximum atomic E-state index is 12.6. The minimum Gasteiger partial charge on any atom is -0.478 e. The lowest BCUT2D eigenvalue weighted by Gasteiger charge is -2.10. The van der Waals surface area contributed by atoms with Gasteiger partial charge >= 0.3 is 11.9 Å². The molecule has 0 saturated heterocycles. The van der Waals surface area contributed by atoms with Crippen molar-refractivity contribution in [1.82, 2.24) is 9.97 Å². The van der Waals surface area contributed by atoms with Crippen LogP contribution in [0.1, 0.15) is 27.3 Å². The minimum absolute atomic E-state index is 0.134. The summed E-state index contributed by atoms with van der Waals surface area (Å²) < 4.78 is 0. The molecule has 7 heteroatoms. The van der Waals surface area contributed by atoms with E-state index >= 15 is 0 Å². The number of oxime groups is 1. The van der Waals surface area contributed by atoms with Gasteiger partial charge in [-0.25, -0.2) is 9.59 Å². The van der Waals surface area contributed by atoms with E-state index in [4.69, 9.17) is 9.94 Å². The Labute approximate surface area is 159 Å². The van der Waals surface area contributed by atoms with Crippen molar-refractivity contribution in [3.63, 3.8) is 0 Å². The van der Waals surface area contributed by atoms with Gasteiger partial charge in [-0.15, -0.1) is 0 Å². The Bertz CT molecular complexity index is 1060. The minimum atomic E-state index is -1.04. The average molecular weight is 371 g/mol. The monoisotopic (exact) mass is 371 g/mol. The number of carbonyl (C=O) groups excluding carboxylic acids is 1. The van der Waals surface area contributed by atoms with Gasteiger partial charge in [0.1, 0.15) is 11.3 Å². The molecular weight excluding hydrogens is 358 g/mol. The first kappa shape index (κ1) is 17.3. The van der Waals surface area contributed by atoms with Crippen molar-refractivity contribution in [2.75, 3.05) is 0 Å². The first-order chi connectivity index (χ1) is 13.6. The molecule has 3 aromatic rings. The predicted molar refractivity (Wildman–Crippen MR) is 101 cm³/mol. The van der Waals surface area contributed by atoms with E-state index in [-0.39, 0.29) is 11.1 Å². The molecule has 136 valence electrons. The summed E-state index contributed by atoms with van der Waals surface area (Å²) in [5, 5.41) is 13.0. The number of carboxylic acid groups (broad SMARTS) is 1. The molecule has 0 aliphatic carbocycles. The van der Waals surface area contributed by atoms with Crippen molar-refractivity contribution in [3.05, 3.63) is 101 Å². The summed E-state index contributed by atoms with van der Waals surface area (Å²) in [6, 6.07) is 16.8. The Hall–Kier alpha value is -4.13. The molecule has 0 amide bonds. The number of carbonyl (C=O) groups is 2. The summed E-state index contributed by atoms with van der Waals surface area (Å²) in [5.41, 5.74) is 2.79. The number of pyridine rings is 2. The largest absolute Gasteiger partial charge is 0.478 e. The maximum absolute atomic E-state index is 12.6. The second-order valence-corrected chi connectivity index (χ2v) is 5.88. The van der Waals surface area contributed by atoms with Gasteiger partial charge in [0.15, 0.2) is 0 Å². The first-order valence-electron chi connectivity index (χ1n) is 8.35. The number of hydrogen-bond acceptors (Lipinski definition) is 6. The van der Waals surface area contributed by atoms with E-state index in [1.54, 1.807) is 48.8 Å². The van der Waals surface area contributed by atoms with Crippen LogP contribution in [0.25, 0.3) is 5.57 Å². The molecule has 1 aliphatic heterocycles. The van der Waals surface area contributed by atoms with Gasteiger partial charge in [0.2, 0.25) is 0 Å². The number of hydrogen-bond donors (Lipinski definition) is 1. The predicted octanol–water partition coefficient (Wildman–Crippen LogP) is 2.94. The van der Waals surface area contributed by atoms with Gasteiger partial charge in [0, 0.05) is 23.5 Å². The lowest BCUT2D eigenvalue weighted by Crippen LogP contribution is -2.12. The van der Waals surface area contributed by atoms with Crippen LogP contribution in [0.4, 0.5) is 0 Å². The Balaban J connectivity index is 1.92. The molecule has 1 aliphatic rings. The molecule has 0 spiro atoms. The number of carboxylic acids is 1. The zero-order valence-corrected chi connectivity index (χ0v) is 14.4. The topological polar surface area (TPSA) is 102 Å². The molecule has 2 aromatic heterocycles. The van der Waals surface area contributed by atoms with Gasteiger partial charge in [-0.05, 0) is 36.4 Å². The summed E-state index contributed by atoms with van der Waals surface area (Å²) >= 11 is 0. The zero-order valence-electron chi connectivity index (χ0n) is 14.4. The highest BCUT2D eigenvalue weighted by molar-refractivity contribution is 6.33. The molecule has 4 rings (SSSR count). The summed E-state index contributed by atoms with van der Waals surface area (Å²) in [6.07, 6.45) is 3.25. The molecule has 3 heterocycles. The van der Waals surface area contributed by atoms with Crippen molar-refractivity contribution in [2.45, 2.75) is 0 Å². The van der Waals surface area contributed by atoms with Crippen LogP contribution in [0.15, 0.2) is 83.8 Å². The quantitative estimate of drug-likeness (QED) is 0.559. The lowest BCUT2D eigenvalue weighted by molar-refractivity contribution is -0.136. The van der Waals surface area contributed by atoms with E-state index in [1.165, 1.54) is 12.1 Å². The summed E-state index contributed by atoms with van der Waals surface area (Å²) in [4.78, 5) is 37.3. The maximum Gasteiger partial charge on any atom is 0.368 e. The molecule has 1 N–H and O–H groups in total. The van der Waals surface area contributed by atoms with E-state index in [9.17, 15) is 9.59 Å². The van der Waals surface area contributed by atoms with Crippen LogP contribution in [-0.2, 0) is 9.63 Å². The van der Waals surface area contributed by atoms with Gasteiger partial charge < -0.3 is 9.94 Å². The van der Waals surface area contributed by atoms with Crippen LogP contribution in [-0.4, -0.2) is 32.7 Å². The second kappa shape index (κ2) is 7.24. The van der Waals surface area contributed by atoms with Crippen LogP contribution in [0.2, 0.25) is 0 Å². The molecule has 1 aromatic carbocycles. The van der Waals surface area contributed by atoms with E-state index < -0.39 is 11.9 Å². The SMILES string of the molecule is O=C1ON=C(c2ccc(C(=O)O)cc2)C1=C(c1ccccn1)c1ccccn1. The van der Waals surface area contributed by atoms with E-state index in [0.717, 1.165) is 0 Å². The van der Waals surface area contributed by atoms with Gasteiger partial charge in [-0.2, -0.15) is 0 Å². The van der Waals surface area contributed by atoms with Crippen LogP contribution in [0.3, 0.4) is 0 Å². The van der Waals surface area contributed by atoms with Crippen LogP contribution >= 0.6 is 0 Å². The van der Waals surface area contributed by atoms with Crippen LogP contribution in [0, 0.1) is 0 Å².